The Morgan fingerprint density at radius 1 is 0.909 bits per heavy atom. The zero-order chi connectivity index (χ0) is 22.4. The molecule has 5 aromatic rings. The number of rotatable bonds is 3. The van der Waals surface area contributed by atoms with E-state index in [9.17, 15) is 0 Å². The number of nitrogens with two attached hydrogens (primary N) is 2. The highest BCUT2D eigenvalue weighted by Crippen LogP contribution is 2.46. The van der Waals surface area contributed by atoms with Crippen LogP contribution in [0.5, 0.6) is 0 Å². The Morgan fingerprint density at radius 2 is 1.70 bits per heavy atom. The molecule has 0 aliphatic carbocycles. The van der Waals surface area contributed by atoms with Crippen LogP contribution < -0.4 is 16.4 Å². The highest BCUT2D eigenvalue weighted by molar-refractivity contribution is 7.23. The molecule has 3 aromatic heterocycles. The van der Waals surface area contributed by atoms with Gasteiger partial charge in [-0.3, -0.25) is 4.98 Å². The van der Waals surface area contributed by atoms with E-state index >= 15 is 0 Å². The second-order valence-corrected chi connectivity index (χ2v) is 9.03. The molecule has 164 valence electrons. The fraction of sp³-hybridized carbons (Fsp3) is 0.160. The van der Waals surface area contributed by atoms with Crippen LogP contribution in [0.4, 0.5) is 17.5 Å². The predicted octanol–water partition coefficient (Wildman–Crippen LogP) is 4.57. The lowest BCUT2D eigenvalue weighted by molar-refractivity contribution is 0.122. The number of anilines is 3. The van der Waals surface area contributed by atoms with Crippen molar-refractivity contribution < 1.29 is 4.74 Å². The second kappa shape index (κ2) is 7.99. The van der Waals surface area contributed by atoms with E-state index in [0.29, 0.717) is 5.82 Å². The first-order valence-corrected chi connectivity index (χ1v) is 11.6. The molecule has 1 fully saturated rings. The minimum atomic E-state index is 0.169. The number of morpholine rings is 1. The van der Waals surface area contributed by atoms with E-state index in [1.807, 2.05) is 24.4 Å². The van der Waals surface area contributed by atoms with Gasteiger partial charge in [0.05, 0.1) is 28.9 Å². The van der Waals surface area contributed by atoms with E-state index < -0.39 is 0 Å². The maximum absolute atomic E-state index is 6.25. The molecule has 1 saturated heterocycles. The smallest absolute Gasteiger partial charge is 0.222 e. The third kappa shape index (κ3) is 3.53. The third-order valence-electron chi connectivity index (χ3n) is 5.96. The van der Waals surface area contributed by atoms with Gasteiger partial charge in [0.15, 0.2) is 0 Å². The van der Waals surface area contributed by atoms with Gasteiger partial charge in [-0.15, -0.1) is 11.3 Å². The lowest BCUT2D eigenvalue weighted by Crippen LogP contribution is -2.36. The third-order valence-corrected chi connectivity index (χ3v) is 7.21. The van der Waals surface area contributed by atoms with Gasteiger partial charge in [0, 0.05) is 46.4 Å². The van der Waals surface area contributed by atoms with Crippen molar-refractivity contribution in [1.29, 1.82) is 0 Å². The lowest BCUT2D eigenvalue weighted by atomic mass is 10.0. The molecule has 0 unspecified atom stereocenters. The van der Waals surface area contributed by atoms with Gasteiger partial charge < -0.3 is 21.1 Å². The van der Waals surface area contributed by atoms with E-state index in [-0.39, 0.29) is 5.95 Å². The van der Waals surface area contributed by atoms with Crippen LogP contribution in [-0.2, 0) is 4.74 Å². The van der Waals surface area contributed by atoms with Crippen LogP contribution in [0, 0.1) is 0 Å². The highest BCUT2D eigenvalue weighted by Gasteiger charge is 2.21. The average Bonchev–Trinajstić information content (AvgIpc) is 3.24. The molecule has 7 nitrogen and oxygen atoms in total. The molecule has 8 heteroatoms. The zero-order valence-corrected chi connectivity index (χ0v) is 18.7. The number of aromatic nitrogens is 3. The highest BCUT2D eigenvalue weighted by atomic mass is 32.1. The van der Waals surface area contributed by atoms with Gasteiger partial charge in [0.1, 0.15) is 5.82 Å². The van der Waals surface area contributed by atoms with Crippen LogP contribution in [0.3, 0.4) is 0 Å². The first-order chi connectivity index (χ1) is 16.2. The first kappa shape index (κ1) is 19.9. The first-order valence-electron chi connectivity index (χ1n) is 10.8. The normalized spacial score (nSPS) is 14.2. The van der Waals surface area contributed by atoms with Crippen molar-refractivity contribution in [1.82, 2.24) is 15.0 Å². The Balaban J connectivity index is 1.53. The molecule has 33 heavy (non-hydrogen) atoms. The van der Waals surface area contributed by atoms with Gasteiger partial charge in [0.25, 0.3) is 0 Å². The van der Waals surface area contributed by atoms with Crippen molar-refractivity contribution in [3.63, 3.8) is 0 Å². The summed E-state index contributed by atoms with van der Waals surface area (Å²) in [6, 6.07) is 18.9. The van der Waals surface area contributed by atoms with Crippen LogP contribution in [0.25, 0.3) is 42.7 Å². The lowest BCUT2D eigenvalue weighted by Gasteiger charge is -2.28. The molecule has 0 spiro atoms. The van der Waals surface area contributed by atoms with Crippen molar-refractivity contribution in [2.75, 3.05) is 42.7 Å². The molecule has 0 radical (unpaired) electrons. The number of hydrogen-bond acceptors (Lipinski definition) is 8. The van der Waals surface area contributed by atoms with Crippen molar-refractivity contribution in [2.24, 2.45) is 0 Å². The number of pyridine rings is 1. The molecule has 0 saturated carbocycles. The minimum Gasteiger partial charge on any atom is -0.382 e. The number of para-hydroxylation sites is 1. The van der Waals surface area contributed by atoms with Gasteiger partial charge in [-0.1, -0.05) is 30.3 Å². The quantitative estimate of drug-likeness (QED) is 0.411. The number of thiophene rings is 1. The molecule has 0 atom stereocenters. The number of benzene rings is 2. The second-order valence-electron chi connectivity index (χ2n) is 8.01. The largest absolute Gasteiger partial charge is 0.382 e. The Bertz CT molecular complexity index is 1470. The summed E-state index contributed by atoms with van der Waals surface area (Å²) >= 11 is 1.59. The van der Waals surface area contributed by atoms with Crippen molar-refractivity contribution in [3.8, 4) is 21.6 Å². The average molecular weight is 455 g/mol. The summed E-state index contributed by atoms with van der Waals surface area (Å²) in [7, 11) is 0. The summed E-state index contributed by atoms with van der Waals surface area (Å²) < 4.78 is 6.32. The summed E-state index contributed by atoms with van der Waals surface area (Å²) in [5, 5.41) is 1.07. The fourth-order valence-corrected chi connectivity index (χ4v) is 5.51. The maximum atomic E-state index is 6.25. The Kier molecular flexibility index (Phi) is 4.82. The maximum Gasteiger partial charge on any atom is 0.222 e. The number of fused-ring (bicyclic) bond motifs is 2. The van der Waals surface area contributed by atoms with E-state index in [2.05, 4.69) is 56.3 Å². The predicted molar refractivity (Wildman–Crippen MR) is 135 cm³/mol. The Hall–Kier alpha value is -3.75. The van der Waals surface area contributed by atoms with Crippen molar-refractivity contribution >= 4 is 49.9 Å². The molecule has 6 rings (SSSR count). The summed E-state index contributed by atoms with van der Waals surface area (Å²) in [6.07, 6.45) is 1.89. The fourth-order valence-electron chi connectivity index (χ4n) is 4.34. The van der Waals surface area contributed by atoms with E-state index in [4.69, 9.17) is 16.2 Å². The van der Waals surface area contributed by atoms with Gasteiger partial charge in [-0.2, -0.15) is 4.98 Å². The SMILES string of the molecule is Nc1nc(N)c2sc(-c3ccc(N4CCOCC4)cc3)c(-c3cnc4ccccc4c3)c2n1. The molecular weight excluding hydrogens is 432 g/mol. The van der Waals surface area contributed by atoms with Gasteiger partial charge in [0.2, 0.25) is 5.95 Å². The van der Waals surface area contributed by atoms with Crippen molar-refractivity contribution in [3.05, 3.63) is 60.8 Å². The van der Waals surface area contributed by atoms with Crippen LogP contribution in [-0.4, -0.2) is 41.3 Å². The number of nitrogen functional groups attached to an aromatic ring is 2. The molecule has 0 amide bonds. The number of ether oxygens (including phenoxy) is 1. The standard InChI is InChI=1S/C25H22N6OS/c26-24-23-21(29-25(27)30-24)20(17-13-16-3-1-2-4-19(16)28-14-17)22(33-23)15-5-7-18(8-6-15)31-9-11-32-12-10-31/h1-8,13-14H,9-12H2,(H4,26,27,29,30). The molecule has 2 aromatic carbocycles. The topological polar surface area (TPSA) is 103 Å². The van der Waals surface area contributed by atoms with Crippen LogP contribution in [0.2, 0.25) is 0 Å². The van der Waals surface area contributed by atoms with E-state index in [0.717, 1.165) is 69.0 Å². The molecule has 4 heterocycles. The summed E-state index contributed by atoms with van der Waals surface area (Å²) in [5.41, 5.74) is 18.2. The number of nitrogens with zero attached hydrogens (tertiary/aromatic N) is 4. The van der Waals surface area contributed by atoms with Crippen molar-refractivity contribution in [2.45, 2.75) is 0 Å². The molecular formula is C25H22N6OS. The molecule has 1 aliphatic rings. The van der Waals surface area contributed by atoms with Gasteiger partial charge >= 0.3 is 0 Å². The van der Waals surface area contributed by atoms with Crippen LogP contribution >= 0.6 is 11.3 Å². The Morgan fingerprint density at radius 3 is 2.52 bits per heavy atom. The molecule has 0 bridgehead atoms. The molecule has 1 aliphatic heterocycles. The van der Waals surface area contributed by atoms with Crippen LogP contribution in [0.15, 0.2) is 60.8 Å². The van der Waals surface area contributed by atoms with Crippen LogP contribution in [0.1, 0.15) is 0 Å². The van der Waals surface area contributed by atoms with Gasteiger partial charge in [-0.25, -0.2) is 4.98 Å². The Labute approximate surface area is 194 Å². The summed E-state index contributed by atoms with van der Waals surface area (Å²) in [6.45, 7) is 3.33. The molecule has 4 N–H and O–H groups in total. The van der Waals surface area contributed by atoms with E-state index in [1.54, 1.807) is 11.3 Å². The van der Waals surface area contributed by atoms with Gasteiger partial charge in [-0.05, 0) is 29.8 Å². The summed E-state index contributed by atoms with van der Waals surface area (Å²) in [4.78, 5) is 16.9. The summed E-state index contributed by atoms with van der Waals surface area (Å²) in [5.74, 6) is 0.565. The number of hydrogen-bond donors (Lipinski definition) is 2. The van der Waals surface area contributed by atoms with E-state index in [1.165, 1.54) is 5.69 Å². The minimum absolute atomic E-state index is 0.169. The monoisotopic (exact) mass is 454 g/mol. The zero-order valence-electron chi connectivity index (χ0n) is 17.9.